The molecular weight excluding hydrogens is 350 g/mol. The molecule has 2 aromatic rings. The van der Waals surface area contributed by atoms with Crippen LogP contribution < -0.4 is 9.64 Å². The first-order valence-corrected chi connectivity index (χ1v) is 9.79. The Labute approximate surface area is 156 Å². The van der Waals surface area contributed by atoms with E-state index in [0.717, 1.165) is 37.2 Å². The van der Waals surface area contributed by atoms with Crippen LogP contribution in [-0.2, 0) is 9.59 Å². The van der Waals surface area contributed by atoms with Gasteiger partial charge < -0.3 is 9.64 Å². The molecule has 3 heterocycles. The highest BCUT2D eigenvalue weighted by Crippen LogP contribution is 2.36. The number of rotatable bonds is 3. The molecule has 136 valence electrons. The van der Waals surface area contributed by atoms with E-state index in [-0.39, 0.29) is 25.0 Å². The highest BCUT2D eigenvalue weighted by molar-refractivity contribution is 7.07. The molecular formula is C19H21N3O3S. The number of piperidine rings is 1. The van der Waals surface area contributed by atoms with E-state index in [0.29, 0.717) is 17.4 Å². The molecule has 7 heteroatoms. The summed E-state index contributed by atoms with van der Waals surface area (Å²) in [6.45, 7) is 3.77. The third kappa shape index (κ3) is 3.31. The first-order valence-electron chi connectivity index (χ1n) is 8.85. The maximum absolute atomic E-state index is 12.7. The third-order valence-electron chi connectivity index (χ3n) is 5.06. The second kappa shape index (κ2) is 7.07. The highest BCUT2D eigenvalue weighted by atomic mass is 32.1. The van der Waals surface area contributed by atoms with Gasteiger partial charge in [0, 0.05) is 24.0 Å². The van der Waals surface area contributed by atoms with E-state index in [2.05, 4.69) is 11.9 Å². The maximum Gasteiger partial charge on any atom is 0.265 e. The Bertz CT molecular complexity index is 813. The quantitative estimate of drug-likeness (QED) is 0.832. The van der Waals surface area contributed by atoms with Gasteiger partial charge in [-0.1, -0.05) is 6.92 Å². The average molecular weight is 371 g/mol. The minimum absolute atomic E-state index is 0.00263. The minimum atomic E-state index is -0.188. The second-order valence-corrected chi connectivity index (χ2v) is 7.61. The molecule has 0 spiro atoms. The SMILES string of the molecule is CC1CCN(C(=O)CN2C(=O)COc3ccc(-c4cscn4)cc32)CC1. The van der Waals surface area contributed by atoms with Crippen LogP contribution in [0.2, 0.25) is 0 Å². The van der Waals surface area contributed by atoms with E-state index in [1.807, 2.05) is 28.5 Å². The number of nitrogens with zero attached hydrogens (tertiary/aromatic N) is 3. The second-order valence-electron chi connectivity index (χ2n) is 6.89. The van der Waals surface area contributed by atoms with Crippen molar-refractivity contribution >= 4 is 28.8 Å². The molecule has 0 aliphatic carbocycles. The molecule has 1 aromatic carbocycles. The van der Waals surface area contributed by atoms with Crippen molar-refractivity contribution in [2.45, 2.75) is 19.8 Å². The first kappa shape index (κ1) is 17.0. The van der Waals surface area contributed by atoms with Gasteiger partial charge in [-0.05, 0) is 37.0 Å². The van der Waals surface area contributed by atoms with E-state index >= 15 is 0 Å². The number of likely N-dealkylation sites (tertiary alicyclic amines) is 1. The van der Waals surface area contributed by atoms with Gasteiger partial charge in [-0.2, -0.15) is 0 Å². The summed E-state index contributed by atoms with van der Waals surface area (Å²) in [4.78, 5) is 32.9. The van der Waals surface area contributed by atoms with Gasteiger partial charge in [-0.25, -0.2) is 4.98 Å². The summed E-state index contributed by atoms with van der Waals surface area (Å²) >= 11 is 1.52. The Morgan fingerprint density at radius 3 is 2.88 bits per heavy atom. The van der Waals surface area contributed by atoms with Gasteiger partial charge >= 0.3 is 0 Å². The Kier molecular flexibility index (Phi) is 4.63. The number of carbonyl (C=O) groups excluding carboxylic acids is 2. The summed E-state index contributed by atoms with van der Waals surface area (Å²) in [6.07, 6.45) is 2.04. The zero-order valence-corrected chi connectivity index (χ0v) is 15.5. The van der Waals surface area contributed by atoms with Crippen LogP contribution in [0.3, 0.4) is 0 Å². The summed E-state index contributed by atoms with van der Waals surface area (Å²) in [5.74, 6) is 1.10. The molecule has 0 N–H and O–H groups in total. The summed E-state index contributed by atoms with van der Waals surface area (Å²) in [5.41, 5.74) is 4.18. The zero-order chi connectivity index (χ0) is 18.1. The van der Waals surface area contributed by atoms with E-state index in [4.69, 9.17) is 4.74 Å². The summed E-state index contributed by atoms with van der Waals surface area (Å²) in [7, 11) is 0. The first-order chi connectivity index (χ1) is 12.6. The van der Waals surface area contributed by atoms with E-state index in [1.54, 1.807) is 10.4 Å². The number of ether oxygens (including phenoxy) is 1. The van der Waals surface area contributed by atoms with Gasteiger partial charge in [0.05, 0.1) is 16.9 Å². The van der Waals surface area contributed by atoms with Gasteiger partial charge in [-0.3, -0.25) is 14.5 Å². The van der Waals surface area contributed by atoms with E-state index < -0.39 is 0 Å². The summed E-state index contributed by atoms with van der Waals surface area (Å²) in [5, 5.41) is 1.96. The molecule has 6 nitrogen and oxygen atoms in total. The fourth-order valence-corrected chi connectivity index (χ4v) is 3.94. The van der Waals surface area contributed by atoms with Crippen molar-refractivity contribution in [2.75, 3.05) is 31.1 Å². The fraction of sp³-hybridized carbons (Fsp3) is 0.421. The van der Waals surface area contributed by atoms with Gasteiger partial charge in [0.2, 0.25) is 5.91 Å². The maximum atomic E-state index is 12.7. The van der Waals surface area contributed by atoms with Crippen molar-refractivity contribution in [3.05, 3.63) is 29.1 Å². The number of benzene rings is 1. The fourth-order valence-electron chi connectivity index (χ4n) is 3.38. The lowest BCUT2D eigenvalue weighted by molar-refractivity contribution is -0.133. The molecule has 1 aromatic heterocycles. The lowest BCUT2D eigenvalue weighted by Gasteiger charge is -2.34. The Morgan fingerprint density at radius 1 is 1.35 bits per heavy atom. The number of aromatic nitrogens is 1. The molecule has 0 atom stereocenters. The number of hydrogen-bond acceptors (Lipinski definition) is 5. The predicted molar refractivity (Wildman–Crippen MR) is 100 cm³/mol. The van der Waals surface area contributed by atoms with Crippen LogP contribution in [0.4, 0.5) is 5.69 Å². The number of hydrogen-bond donors (Lipinski definition) is 0. The van der Waals surface area contributed by atoms with Crippen LogP contribution in [0.25, 0.3) is 11.3 Å². The third-order valence-corrected chi connectivity index (χ3v) is 5.65. The van der Waals surface area contributed by atoms with Crippen LogP contribution in [0.1, 0.15) is 19.8 Å². The molecule has 26 heavy (non-hydrogen) atoms. The van der Waals surface area contributed by atoms with Crippen molar-refractivity contribution in [3.8, 4) is 17.0 Å². The van der Waals surface area contributed by atoms with Gasteiger partial charge in [0.15, 0.2) is 6.61 Å². The largest absolute Gasteiger partial charge is 0.482 e. The van der Waals surface area contributed by atoms with E-state index in [1.165, 1.54) is 11.3 Å². The van der Waals surface area contributed by atoms with Gasteiger partial charge in [0.1, 0.15) is 12.3 Å². The number of anilines is 1. The van der Waals surface area contributed by atoms with Crippen molar-refractivity contribution in [3.63, 3.8) is 0 Å². The van der Waals surface area contributed by atoms with Crippen molar-refractivity contribution in [1.29, 1.82) is 0 Å². The van der Waals surface area contributed by atoms with Crippen LogP contribution >= 0.6 is 11.3 Å². The number of thiazole rings is 1. The minimum Gasteiger partial charge on any atom is -0.482 e. The standard InChI is InChI=1S/C19H21N3O3S/c1-13-4-6-21(7-5-13)18(23)9-22-16-8-14(15-11-26-12-20-15)2-3-17(16)25-10-19(22)24/h2-3,8,11-13H,4-7,9-10H2,1H3. The van der Waals surface area contributed by atoms with Crippen LogP contribution in [0, 0.1) is 5.92 Å². The number of carbonyl (C=O) groups is 2. The molecule has 2 aliphatic rings. The number of amides is 2. The van der Waals surface area contributed by atoms with Crippen molar-refractivity contribution in [1.82, 2.24) is 9.88 Å². The Hall–Kier alpha value is -2.41. The van der Waals surface area contributed by atoms with Crippen molar-refractivity contribution in [2.24, 2.45) is 5.92 Å². The molecule has 4 rings (SSSR count). The smallest absolute Gasteiger partial charge is 0.265 e. The average Bonchev–Trinajstić information content (AvgIpc) is 3.19. The molecule has 2 aliphatic heterocycles. The topological polar surface area (TPSA) is 62.7 Å². The zero-order valence-electron chi connectivity index (χ0n) is 14.7. The molecule has 0 bridgehead atoms. The predicted octanol–water partition coefficient (Wildman–Crippen LogP) is 2.79. The molecule has 0 radical (unpaired) electrons. The molecule has 0 unspecified atom stereocenters. The molecule has 2 amide bonds. The molecule has 0 saturated carbocycles. The van der Waals surface area contributed by atoms with Crippen LogP contribution in [-0.4, -0.2) is 47.9 Å². The Balaban J connectivity index is 1.58. The monoisotopic (exact) mass is 371 g/mol. The summed E-state index contributed by atoms with van der Waals surface area (Å²) in [6, 6.07) is 5.65. The molecule has 1 saturated heterocycles. The van der Waals surface area contributed by atoms with Crippen LogP contribution in [0.5, 0.6) is 5.75 Å². The number of fused-ring (bicyclic) bond motifs is 1. The van der Waals surface area contributed by atoms with Crippen molar-refractivity contribution < 1.29 is 14.3 Å². The lowest BCUT2D eigenvalue weighted by atomic mass is 9.99. The lowest BCUT2D eigenvalue weighted by Crippen LogP contribution is -2.48. The van der Waals surface area contributed by atoms with Gasteiger partial charge in [-0.15, -0.1) is 11.3 Å². The van der Waals surface area contributed by atoms with E-state index in [9.17, 15) is 9.59 Å². The molecule has 1 fully saturated rings. The Morgan fingerprint density at radius 2 is 2.15 bits per heavy atom. The van der Waals surface area contributed by atoms with Gasteiger partial charge in [0.25, 0.3) is 5.91 Å². The van der Waals surface area contributed by atoms with Crippen LogP contribution in [0.15, 0.2) is 29.1 Å². The highest BCUT2D eigenvalue weighted by Gasteiger charge is 2.30. The summed E-state index contributed by atoms with van der Waals surface area (Å²) < 4.78 is 5.55. The normalized spacial score (nSPS) is 17.8.